The van der Waals surface area contributed by atoms with Gasteiger partial charge in [-0.3, -0.25) is 0 Å². The van der Waals surface area contributed by atoms with Crippen molar-refractivity contribution in [1.82, 2.24) is 5.32 Å². The minimum Gasteiger partial charge on any atom is -0.372 e. The van der Waals surface area contributed by atoms with E-state index < -0.39 is 0 Å². The summed E-state index contributed by atoms with van der Waals surface area (Å²) in [7, 11) is 0. The Bertz CT molecular complexity index is 377. The first-order chi connectivity index (χ1) is 9.08. The number of hydrogen-bond acceptors (Lipinski definition) is 2. The van der Waals surface area contributed by atoms with Crippen molar-refractivity contribution < 1.29 is 0 Å². The van der Waals surface area contributed by atoms with Crippen molar-refractivity contribution in [2.45, 2.75) is 40.7 Å². The Labute approximate surface area is 123 Å². The smallest absolute Gasteiger partial charge is 0.0412 e. The summed E-state index contributed by atoms with van der Waals surface area (Å²) >= 11 is 6.14. The molecule has 0 bridgehead atoms. The molecule has 1 aromatic rings. The predicted octanol–water partition coefficient (Wildman–Crippen LogP) is 4.32. The van der Waals surface area contributed by atoms with Gasteiger partial charge in [-0.15, -0.1) is 0 Å². The van der Waals surface area contributed by atoms with Crippen LogP contribution in [0, 0.1) is 5.92 Å². The first kappa shape index (κ1) is 16.3. The lowest BCUT2D eigenvalue weighted by Crippen LogP contribution is -2.26. The molecule has 0 aliphatic heterocycles. The molecule has 0 unspecified atom stereocenters. The lowest BCUT2D eigenvalue weighted by Gasteiger charge is -2.25. The molecule has 0 fully saturated rings. The lowest BCUT2D eigenvalue weighted by molar-refractivity contribution is 0.552. The molecule has 1 N–H and O–H groups in total. The number of halogens is 1. The normalized spacial score (nSPS) is 11.1. The maximum atomic E-state index is 6.14. The summed E-state index contributed by atoms with van der Waals surface area (Å²) in [5, 5.41) is 4.32. The third-order valence-electron chi connectivity index (χ3n) is 3.13. The molecule has 0 aromatic heterocycles. The average Bonchev–Trinajstić information content (AvgIpc) is 2.36. The molecule has 0 spiro atoms. The van der Waals surface area contributed by atoms with E-state index in [0.29, 0.717) is 5.92 Å². The second kappa shape index (κ2) is 8.44. The molecule has 0 heterocycles. The number of hydrogen-bond donors (Lipinski definition) is 1. The zero-order valence-corrected chi connectivity index (χ0v) is 13.4. The van der Waals surface area contributed by atoms with E-state index >= 15 is 0 Å². The van der Waals surface area contributed by atoms with Gasteiger partial charge in [0.25, 0.3) is 0 Å². The minimum absolute atomic E-state index is 0.667. The third kappa shape index (κ3) is 5.42. The second-order valence-corrected chi connectivity index (χ2v) is 5.81. The fourth-order valence-corrected chi connectivity index (χ4v) is 2.41. The van der Waals surface area contributed by atoms with Crippen molar-refractivity contribution in [3.63, 3.8) is 0 Å². The number of nitrogens with one attached hydrogen (secondary N) is 1. The van der Waals surface area contributed by atoms with Crippen molar-refractivity contribution in [3.8, 4) is 0 Å². The highest BCUT2D eigenvalue weighted by molar-refractivity contribution is 6.30. The van der Waals surface area contributed by atoms with Crippen LogP contribution < -0.4 is 10.2 Å². The van der Waals surface area contributed by atoms with E-state index in [1.54, 1.807) is 0 Å². The minimum atomic E-state index is 0.667. The van der Waals surface area contributed by atoms with Crippen LogP contribution in [0.3, 0.4) is 0 Å². The molecule has 0 amide bonds. The quantitative estimate of drug-likeness (QED) is 0.764. The number of rotatable bonds is 8. The Hall–Kier alpha value is -0.730. The van der Waals surface area contributed by atoms with Gasteiger partial charge in [0.05, 0.1) is 0 Å². The first-order valence-electron chi connectivity index (χ1n) is 7.32. The van der Waals surface area contributed by atoms with Gasteiger partial charge in [0, 0.05) is 30.3 Å². The molecule has 3 heteroatoms. The second-order valence-electron chi connectivity index (χ2n) is 5.38. The Kier molecular flexibility index (Phi) is 7.25. The Morgan fingerprint density at radius 3 is 2.58 bits per heavy atom. The van der Waals surface area contributed by atoms with Crippen molar-refractivity contribution in [3.05, 3.63) is 28.8 Å². The van der Waals surface area contributed by atoms with Crippen LogP contribution in [-0.2, 0) is 6.54 Å². The molecular formula is C16H27ClN2. The predicted molar refractivity (Wildman–Crippen MR) is 86.2 cm³/mol. The molecule has 0 aliphatic carbocycles. The summed E-state index contributed by atoms with van der Waals surface area (Å²) < 4.78 is 0. The van der Waals surface area contributed by atoms with Gasteiger partial charge in [-0.2, -0.15) is 0 Å². The van der Waals surface area contributed by atoms with Crippen LogP contribution in [0.5, 0.6) is 0 Å². The topological polar surface area (TPSA) is 15.3 Å². The average molecular weight is 283 g/mol. The third-order valence-corrected chi connectivity index (χ3v) is 3.36. The monoisotopic (exact) mass is 282 g/mol. The highest BCUT2D eigenvalue weighted by Gasteiger charge is 2.09. The fourth-order valence-electron chi connectivity index (χ4n) is 2.22. The van der Waals surface area contributed by atoms with Gasteiger partial charge in [-0.05, 0) is 49.6 Å². The van der Waals surface area contributed by atoms with Crippen LogP contribution >= 0.6 is 11.6 Å². The highest BCUT2D eigenvalue weighted by Crippen LogP contribution is 2.24. The van der Waals surface area contributed by atoms with Gasteiger partial charge >= 0.3 is 0 Å². The first-order valence-corrected chi connectivity index (χ1v) is 7.70. The maximum absolute atomic E-state index is 6.14. The van der Waals surface area contributed by atoms with Crippen molar-refractivity contribution in [1.29, 1.82) is 0 Å². The molecule has 0 aliphatic rings. The summed E-state index contributed by atoms with van der Waals surface area (Å²) in [6.45, 7) is 12.9. The number of nitrogens with zero attached hydrogens (tertiary/aromatic N) is 1. The van der Waals surface area contributed by atoms with Crippen LogP contribution in [-0.4, -0.2) is 19.6 Å². The molecule has 0 saturated carbocycles. The van der Waals surface area contributed by atoms with Gasteiger partial charge in [0.1, 0.15) is 0 Å². The molecular weight excluding hydrogens is 256 g/mol. The van der Waals surface area contributed by atoms with Gasteiger partial charge in [-0.25, -0.2) is 0 Å². The van der Waals surface area contributed by atoms with Gasteiger partial charge in [-0.1, -0.05) is 32.4 Å². The summed E-state index contributed by atoms with van der Waals surface area (Å²) in [4.78, 5) is 2.42. The standard InChI is InChI=1S/C16H27ClN2/c1-5-9-19(6-2)16-8-7-15(17)10-14(16)12-18-11-13(3)4/h7-8,10,13,18H,5-6,9,11-12H2,1-4H3. The van der Waals surface area contributed by atoms with Crippen molar-refractivity contribution in [2.75, 3.05) is 24.5 Å². The van der Waals surface area contributed by atoms with E-state index in [4.69, 9.17) is 11.6 Å². The fraction of sp³-hybridized carbons (Fsp3) is 0.625. The largest absolute Gasteiger partial charge is 0.372 e. The Morgan fingerprint density at radius 2 is 2.00 bits per heavy atom. The molecule has 19 heavy (non-hydrogen) atoms. The molecule has 0 saturated heterocycles. The van der Waals surface area contributed by atoms with Crippen LogP contribution in [0.15, 0.2) is 18.2 Å². The number of anilines is 1. The molecule has 0 atom stereocenters. The van der Waals surface area contributed by atoms with Crippen LogP contribution in [0.4, 0.5) is 5.69 Å². The summed E-state index contributed by atoms with van der Waals surface area (Å²) in [6, 6.07) is 6.22. The zero-order valence-electron chi connectivity index (χ0n) is 12.7. The van der Waals surface area contributed by atoms with Gasteiger partial charge in [0.15, 0.2) is 0 Å². The number of benzene rings is 1. The van der Waals surface area contributed by atoms with Crippen molar-refractivity contribution in [2.24, 2.45) is 5.92 Å². The Morgan fingerprint density at radius 1 is 1.26 bits per heavy atom. The molecule has 1 aromatic carbocycles. The van der Waals surface area contributed by atoms with E-state index in [1.807, 2.05) is 6.07 Å². The van der Waals surface area contributed by atoms with Crippen LogP contribution in [0.25, 0.3) is 0 Å². The van der Waals surface area contributed by atoms with Crippen molar-refractivity contribution >= 4 is 17.3 Å². The van der Waals surface area contributed by atoms with E-state index in [2.05, 4.69) is 50.0 Å². The molecule has 0 radical (unpaired) electrons. The van der Waals surface area contributed by atoms with Gasteiger partial charge < -0.3 is 10.2 Å². The summed E-state index contributed by atoms with van der Waals surface area (Å²) in [5.74, 6) is 0.667. The van der Waals surface area contributed by atoms with E-state index in [1.165, 1.54) is 11.3 Å². The summed E-state index contributed by atoms with van der Waals surface area (Å²) in [5.41, 5.74) is 2.61. The summed E-state index contributed by atoms with van der Waals surface area (Å²) in [6.07, 6.45) is 1.16. The Balaban J connectivity index is 2.83. The van der Waals surface area contributed by atoms with Crippen LogP contribution in [0.1, 0.15) is 39.7 Å². The van der Waals surface area contributed by atoms with E-state index in [-0.39, 0.29) is 0 Å². The molecule has 1 rings (SSSR count). The van der Waals surface area contributed by atoms with Gasteiger partial charge in [0.2, 0.25) is 0 Å². The van der Waals surface area contributed by atoms with E-state index in [0.717, 1.165) is 37.6 Å². The lowest BCUT2D eigenvalue weighted by atomic mass is 10.1. The zero-order chi connectivity index (χ0) is 14.3. The highest BCUT2D eigenvalue weighted by atomic mass is 35.5. The molecule has 108 valence electrons. The molecule has 2 nitrogen and oxygen atoms in total. The SMILES string of the molecule is CCCN(CC)c1ccc(Cl)cc1CNCC(C)C. The van der Waals surface area contributed by atoms with Crippen LogP contribution in [0.2, 0.25) is 5.02 Å². The maximum Gasteiger partial charge on any atom is 0.0412 e. The van der Waals surface area contributed by atoms with E-state index in [9.17, 15) is 0 Å².